The van der Waals surface area contributed by atoms with Gasteiger partial charge in [0.15, 0.2) is 0 Å². The van der Waals surface area contributed by atoms with Crippen molar-refractivity contribution >= 4 is 12.0 Å². The van der Waals surface area contributed by atoms with Crippen molar-refractivity contribution in [3.63, 3.8) is 0 Å². The highest BCUT2D eigenvalue weighted by molar-refractivity contribution is 5.76. The van der Waals surface area contributed by atoms with Crippen LogP contribution < -0.4 is 4.74 Å². The van der Waals surface area contributed by atoms with Gasteiger partial charge in [-0.3, -0.25) is 4.90 Å². The van der Waals surface area contributed by atoms with Crippen LogP contribution in [0.25, 0.3) is 11.3 Å². The number of aromatic amines is 1. The Kier molecular flexibility index (Phi) is 7.03. The zero-order valence-corrected chi connectivity index (χ0v) is 21.9. The maximum absolute atomic E-state index is 9.93. The number of rotatable bonds is 6. The molecule has 2 aromatic carbocycles. The number of morpholine rings is 1. The first-order valence-electron chi connectivity index (χ1n) is 13.6. The Morgan fingerprint density at radius 2 is 1.82 bits per heavy atom. The summed E-state index contributed by atoms with van der Waals surface area (Å²) in [7, 11) is 0. The fourth-order valence-corrected chi connectivity index (χ4v) is 5.67. The first kappa shape index (κ1) is 24.9. The van der Waals surface area contributed by atoms with Gasteiger partial charge in [0.2, 0.25) is 0 Å². The number of ether oxygens (including phenoxy) is 3. The summed E-state index contributed by atoms with van der Waals surface area (Å²) >= 11 is 0. The maximum Gasteiger partial charge on any atom is 0.137 e. The van der Waals surface area contributed by atoms with Gasteiger partial charge in [-0.15, -0.1) is 0 Å². The minimum atomic E-state index is -0.301. The third-order valence-corrected chi connectivity index (χ3v) is 8.09. The fraction of sp³-hybridized carbons (Fsp3) is 0.419. The van der Waals surface area contributed by atoms with Crippen molar-refractivity contribution in [1.82, 2.24) is 9.88 Å². The Hall–Kier alpha value is -3.44. The Morgan fingerprint density at radius 3 is 2.58 bits per heavy atom. The average Bonchev–Trinajstić information content (AvgIpc) is 3.41. The molecule has 0 aliphatic carbocycles. The number of fused-ring (bicyclic) bond motifs is 1. The number of nitrogens with one attached hydrogen (secondary N) is 1. The summed E-state index contributed by atoms with van der Waals surface area (Å²) in [4.78, 5) is 10.7. The quantitative estimate of drug-likeness (QED) is 0.483. The van der Waals surface area contributed by atoms with Crippen LogP contribution in [-0.2, 0) is 21.4 Å². The summed E-state index contributed by atoms with van der Waals surface area (Å²) in [6, 6.07) is 19.4. The second-order valence-electron chi connectivity index (χ2n) is 10.6. The van der Waals surface area contributed by atoms with Crippen LogP contribution in [0.15, 0.2) is 53.5 Å². The number of nitriles is 1. The number of benzene rings is 2. The second-order valence-corrected chi connectivity index (χ2v) is 10.6. The number of hydrogen-bond acceptors (Lipinski definition) is 6. The molecular formula is C31H34N4O3. The Bertz CT molecular complexity index is 1340. The van der Waals surface area contributed by atoms with E-state index in [1.807, 2.05) is 18.3 Å². The van der Waals surface area contributed by atoms with Crippen LogP contribution in [-0.4, -0.2) is 61.7 Å². The van der Waals surface area contributed by atoms with Gasteiger partial charge in [-0.1, -0.05) is 37.3 Å². The Morgan fingerprint density at radius 1 is 1.05 bits per heavy atom. The van der Waals surface area contributed by atoms with Gasteiger partial charge in [-0.25, -0.2) is 4.99 Å². The van der Waals surface area contributed by atoms with Gasteiger partial charge in [0.25, 0.3) is 0 Å². The Labute approximate surface area is 224 Å². The number of nitrogens with zero attached hydrogens (tertiary/aromatic N) is 3. The number of aliphatic imine (C=N–C) groups is 1. The van der Waals surface area contributed by atoms with Gasteiger partial charge in [-0.05, 0) is 41.3 Å². The van der Waals surface area contributed by atoms with Gasteiger partial charge in [0, 0.05) is 55.4 Å². The standard InChI is InChI=1S/C31H34N4O3/c1-31(25-6-7-29(24(18-25)20-32)38-26-8-14-36-15-9-26)10-11-33-30-27(31)19-28(34-30)23-4-2-22(3-5-23)21-35-12-16-37-17-13-35/h2-7,11,18-19,26,34H,8-10,12-17,21H2,1H3. The molecular weight excluding hydrogens is 476 g/mol. The van der Waals surface area contributed by atoms with Crippen molar-refractivity contribution in [2.45, 2.75) is 44.2 Å². The highest BCUT2D eigenvalue weighted by atomic mass is 16.5. The lowest BCUT2D eigenvalue weighted by Gasteiger charge is -2.32. The fourth-order valence-electron chi connectivity index (χ4n) is 5.67. The lowest BCUT2D eigenvalue weighted by atomic mass is 9.73. The molecule has 1 N–H and O–H groups in total. The van der Waals surface area contributed by atoms with Gasteiger partial charge < -0.3 is 19.2 Å². The molecule has 1 atom stereocenters. The van der Waals surface area contributed by atoms with Gasteiger partial charge in [-0.2, -0.15) is 5.26 Å². The van der Waals surface area contributed by atoms with Crippen LogP contribution >= 0.6 is 0 Å². The molecule has 0 radical (unpaired) electrons. The van der Waals surface area contributed by atoms with Crippen molar-refractivity contribution in [3.8, 4) is 23.1 Å². The van der Waals surface area contributed by atoms with Crippen LogP contribution in [0.1, 0.15) is 48.4 Å². The molecule has 3 aliphatic rings. The number of aromatic nitrogens is 1. The molecule has 0 amide bonds. The third-order valence-electron chi connectivity index (χ3n) is 8.09. The first-order valence-corrected chi connectivity index (χ1v) is 13.6. The zero-order valence-electron chi connectivity index (χ0n) is 21.9. The molecule has 3 aliphatic heterocycles. The predicted octanol–water partition coefficient (Wildman–Crippen LogP) is 5.36. The first-order chi connectivity index (χ1) is 18.6. The normalized spacial score (nSPS) is 22.1. The molecule has 3 aromatic rings. The molecule has 4 heterocycles. The van der Waals surface area contributed by atoms with Crippen LogP contribution in [0.5, 0.6) is 5.75 Å². The zero-order chi connectivity index (χ0) is 26.0. The summed E-state index contributed by atoms with van der Waals surface area (Å²) in [5.41, 5.74) is 6.01. The monoisotopic (exact) mass is 510 g/mol. The van der Waals surface area contributed by atoms with E-state index in [4.69, 9.17) is 19.2 Å². The van der Waals surface area contributed by atoms with Gasteiger partial charge >= 0.3 is 0 Å². The highest BCUT2D eigenvalue weighted by Gasteiger charge is 2.35. The van der Waals surface area contributed by atoms with E-state index in [1.54, 1.807) is 0 Å². The van der Waals surface area contributed by atoms with Gasteiger partial charge in [0.1, 0.15) is 23.7 Å². The van der Waals surface area contributed by atoms with Crippen molar-refractivity contribution < 1.29 is 14.2 Å². The van der Waals surface area contributed by atoms with E-state index in [0.29, 0.717) is 24.5 Å². The third kappa shape index (κ3) is 5.00. The molecule has 6 rings (SSSR count). The summed E-state index contributed by atoms with van der Waals surface area (Å²) < 4.78 is 17.1. The van der Waals surface area contributed by atoms with Crippen molar-refractivity contribution in [3.05, 3.63) is 70.8 Å². The molecule has 1 unspecified atom stereocenters. The van der Waals surface area contributed by atoms with Crippen molar-refractivity contribution in [2.75, 3.05) is 39.5 Å². The lowest BCUT2D eigenvalue weighted by Crippen LogP contribution is -2.35. The molecule has 2 saturated heterocycles. The Balaban J connectivity index is 1.24. The van der Waals surface area contributed by atoms with E-state index < -0.39 is 0 Å². The predicted molar refractivity (Wildman–Crippen MR) is 147 cm³/mol. The van der Waals surface area contributed by atoms with Crippen LogP contribution in [0.2, 0.25) is 0 Å². The van der Waals surface area contributed by atoms with Gasteiger partial charge in [0.05, 0.1) is 32.0 Å². The molecule has 0 spiro atoms. The largest absolute Gasteiger partial charge is 0.489 e. The second kappa shape index (κ2) is 10.7. The van der Waals surface area contributed by atoms with E-state index in [-0.39, 0.29) is 11.5 Å². The summed E-state index contributed by atoms with van der Waals surface area (Å²) in [6.45, 7) is 8.18. The average molecular weight is 511 g/mol. The molecule has 0 saturated carbocycles. The van der Waals surface area contributed by atoms with E-state index in [0.717, 1.165) is 80.3 Å². The SMILES string of the molecule is CC1(c2ccc(OC3CCOCC3)c(C#N)c2)CC=Nc2[nH]c(-c3ccc(CN4CCOCC4)cc3)cc21. The van der Waals surface area contributed by atoms with Crippen LogP contribution in [0, 0.1) is 11.3 Å². The number of H-pyrrole nitrogens is 1. The molecule has 38 heavy (non-hydrogen) atoms. The van der Waals surface area contributed by atoms with Crippen molar-refractivity contribution in [2.24, 2.45) is 4.99 Å². The van der Waals surface area contributed by atoms with E-state index >= 15 is 0 Å². The summed E-state index contributed by atoms with van der Waals surface area (Å²) in [6.07, 6.45) is 4.54. The smallest absolute Gasteiger partial charge is 0.137 e. The van der Waals surface area contributed by atoms with E-state index in [9.17, 15) is 5.26 Å². The highest BCUT2D eigenvalue weighted by Crippen LogP contribution is 2.45. The minimum absolute atomic E-state index is 0.0955. The molecule has 0 bridgehead atoms. The lowest BCUT2D eigenvalue weighted by molar-refractivity contribution is 0.0254. The molecule has 1 aromatic heterocycles. The number of hydrogen-bond donors (Lipinski definition) is 1. The molecule has 2 fully saturated rings. The molecule has 196 valence electrons. The summed E-state index contributed by atoms with van der Waals surface area (Å²) in [5, 5.41) is 9.93. The van der Waals surface area contributed by atoms with Crippen LogP contribution in [0.3, 0.4) is 0 Å². The molecule has 7 heteroatoms. The van der Waals surface area contributed by atoms with E-state index in [2.05, 4.69) is 59.3 Å². The topological polar surface area (TPSA) is 82.9 Å². The minimum Gasteiger partial charge on any atom is -0.489 e. The summed E-state index contributed by atoms with van der Waals surface area (Å²) in [5.74, 6) is 1.54. The van der Waals surface area contributed by atoms with Crippen LogP contribution in [0.4, 0.5) is 5.82 Å². The van der Waals surface area contributed by atoms with E-state index in [1.165, 1.54) is 5.56 Å². The maximum atomic E-state index is 9.93. The van der Waals surface area contributed by atoms with Crippen molar-refractivity contribution in [1.29, 1.82) is 5.26 Å². The molecule has 7 nitrogen and oxygen atoms in total.